The van der Waals surface area contributed by atoms with E-state index in [0.29, 0.717) is 18.4 Å². The van der Waals surface area contributed by atoms with Gasteiger partial charge in [0.2, 0.25) is 5.91 Å². The minimum Gasteiger partial charge on any atom is -0.352 e. The Morgan fingerprint density at radius 3 is 2.95 bits per heavy atom. The Balaban J connectivity index is 1.42. The molecule has 2 N–H and O–H groups in total. The Morgan fingerprint density at radius 1 is 1.41 bits per heavy atom. The van der Waals surface area contributed by atoms with Gasteiger partial charge >= 0.3 is 0 Å². The molecule has 3 fully saturated rings. The average Bonchev–Trinajstić information content (AvgIpc) is 2.89. The molecule has 5 rings (SSSR count). The topological polar surface area (TPSA) is 61.0 Å². The lowest BCUT2D eigenvalue weighted by atomic mass is 9.84. The summed E-state index contributed by atoms with van der Waals surface area (Å²) in [5.74, 6) is 0.802. The minimum absolute atomic E-state index is 0.130. The van der Waals surface area contributed by atoms with Crippen molar-refractivity contribution in [2.45, 2.75) is 32.2 Å². The van der Waals surface area contributed by atoms with Crippen molar-refractivity contribution in [1.29, 1.82) is 0 Å². The Kier molecular flexibility index (Phi) is 3.37. The van der Waals surface area contributed by atoms with Crippen molar-refractivity contribution in [3.8, 4) is 0 Å². The summed E-state index contributed by atoms with van der Waals surface area (Å²) in [4.78, 5) is 14.8. The lowest BCUT2D eigenvalue weighted by molar-refractivity contribution is -0.122. The van der Waals surface area contributed by atoms with E-state index in [1.807, 2.05) is 25.1 Å². The maximum absolute atomic E-state index is 12.3. The van der Waals surface area contributed by atoms with Gasteiger partial charge in [-0.15, -0.1) is 0 Å². The van der Waals surface area contributed by atoms with Crippen LogP contribution in [0.1, 0.15) is 24.1 Å². The largest absolute Gasteiger partial charge is 0.352 e. The number of nitrogens with one attached hydrogen (secondary N) is 2. The van der Waals surface area contributed by atoms with E-state index in [9.17, 15) is 4.79 Å². The molecule has 0 saturated carbocycles. The second-order valence-corrected chi connectivity index (χ2v) is 6.69. The summed E-state index contributed by atoms with van der Waals surface area (Å²) in [5.41, 5.74) is 3.03. The van der Waals surface area contributed by atoms with Crippen molar-refractivity contribution < 1.29 is 4.79 Å². The monoisotopic (exact) mass is 298 g/mol. The van der Waals surface area contributed by atoms with Crippen LogP contribution in [0.2, 0.25) is 0 Å². The highest BCUT2D eigenvalue weighted by Crippen LogP contribution is 2.27. The van der Waals surface area contributed by atoms with E-state index in [1.54, 1.807) is 0 Å². The first-order chi connectivity index (χ1) is 10.7. The van der Waals surface area contributed by atoms with Gasteiger partial charge in [-0.1, -0.05) is 12.1 Å². The molecule has 1 atom stereocenters. The molecular weight excluding hydrogens is 276 g/mol. The summed E-state index contributed by atoms with van der Waals surface area (Å²) in [6.45, 7) is 5.43. The van der Waals surface area contributed by atoms with E-state index < -0.39 is 0 Å². The Morgan fingerprint density at radius 2 is 2.23 bits per heavy atom. The number of H-pyrrole nitrogens is 1. The van der Waals surface area contributed by atoms with Crippen LogP contribution < -0.4 is 5.32 Å². The van der Waals surface area contributed by atoms with Crippen LogP contribution in [0.15, 0.2) is 18.2 Å². The predicted molar refractivity (Wildman–Crippen MR) is 85.6 cm³/mol. The number of benzene rings is 1. The van der Waals surface area contributed by atoms with Gasteiger partial charge in [0.25, 0.3) is 0 Å². The highest BCUT2D eigenvalue weighted by atomic mass is 16.1. The fourth-order valence-electron chi connectivity index (χ4n) is 3.87. The number of nitrogens with zero attached hydrogens (tertiary/aromatic N) is 2. The molecule has 1 aromatic heterocycles. The van der Waals surface area contributed by atoms with E-state index in [0.717, 1.165) is 28.7 Å². The number of amides is 1. The highest BCUT2D eigenvalue weighted by Gasteiger charge is 2.34. The van der Waals surface area contributed by atoms with Crippen molar-refractivity contribution in [2.75, 3.05) is 19.6 Å². The van der Waals surface area contributed by atoms with Crippen LogP contribution in [-0.4, -0.2) is 46.7 Å². The number of piperidine rings is 3. The number of rotatable bonds is 3. The molecule has 3 aliphatic rings. The maximum atomic E-state index is 12.3. The van der Waals surface area contributed by atoms with Crippen LogP contribution in [0, 0.1) is 12.8 Å². The van der Waals surface area contributed by atoms with Crippen LogP contribution in [0.4, 0.5) is 0 Å². The summed E-state index contributed by atoms with van der Waals surface area (Å²) in [6.07, 6.45) is 2.89. The van der Waals surface area contributed by atoms with Gasteiger partial charge in [0.15, 0.2) is 0 Å². The third-order valence-electron chi connectivity index (χ3n) is 5.18. The fourth-order valence-corrected chi connectivity index (χ4v) is 3.87. The van der Waals surface area contributed by atoms with Crippen molar-refractivity contribution in [2.24, 2.45) is 5.92 Å². The van der Waals surface area contributed by atoms with Gasteiger partial charge in [0.05, 0.1) is 11.9 Å². The third-order valence-corrected chi connectivity index (χ3v) is 5.18. The molecule has 0 radical (unpaired) electrons. The van der Waals surface area contributed by atoms with E-state index in [4.69, 9.17) is 0 Å². The zero-order valence-corrected chi connectivity index (χ0v) is 12.9. The predicted octanol–water partition coefficient (Wildman–Crippen LogP) is 1.62. The van der Waals surface area contributed by atoms with Crippen LogP contribution in [0.25, 0.3) is 10.9 Å². The Labute approximate surface area is 130 Å². The van der Waals surface area contributed by atoms with Gasteiger partial charge in [-0.05, 0) is 50.4 Å². The molecule has 0 spiro atoms. The number of fused-ring (bicyclic) bond motifs is 4. The lowest BCUT2D eigenvalue weighted by Gasteiger charge is -2.44. The lowest BCUT2D eigenvalue weighted by Crippen LogP contribution is -2.57. The molecule has 2 aromatic rings. The molecule has 22 heavy (non-hydrogen) atoms. The molecular formula is C17H22N4O. The summed E-state index contributed by atoms with van der Waals surface area (Å²) in [5, 5.41) is 11.6. The van der Waals surface area contributed by atoms with Crippen molar-refractivity contribution >= 4 is 16.8 Å². The molecule has 5 nitrogen and oxygen atoms in total. The normalized spacial score (nSPS) is 27.2. The van der Waals surface area contributed by atoms with Crippen LogP contribution in [0.5, 0.6) is 0 Å². The van der Waals surface area contributed by atoms with Gasteiger partial charge in [-0.2, -0.15) is 5.10 Å². The number of carbonyl (C=O) groups excluding carboxylic acids is 1. The summed E-state index contributed by atoms with van der Waals surface area (Å²) >= 11 is 0. The molecule has 4 heterocycles. The van der Waals surface area contributed by atoms with E-state index >= 15 is 0 Å². The maximum Gasteiger partial charge on any atom is 0.224 e. The number of aromatic nitrogens is 2. The molecule has 1 aromatic carbocycles. The van der Waals surface area contributed by atoms with Gasteiger partial charge in [-0.3, -0.25) is 9.89 Å². The quantitative estimate of drug-likeness (QED) is 0.905. The number of hydrogen-bond donors (Lipinski definition) is 2. The second-order valence-electron chi connectivity index (χ2n) is 6.69. The standard InChI is InChI=1S/C17H22N4O/c1-11-14-3-2-12(8-15(14)20-19-11)9-17(22)18-16-10-21-6-4-13(16)5-7-21/h2-3,8,13,16H,4-7,9-10H2,1H3,(H,18,22)(H,19,20)/t16-/m0/s1. The molecule has 116 valence electrons. The Hall–Kier alpha value is -1.88. The zero-order valence-electron chi connectivity index (χ0n) is 12.9. The van der Waals surface area contributed by atoms with Gasteiger partial charge < -0.3 is 10.2 Å². The number of aromatic amines is 1. The van der Waals surface area contributed by atoms with Crippen LogP contribution in [0.3, 0.4) is 0 Å². The first-order valence-electron chi connectivity index (χ1n) is 8.14. The smallest absolute Gasteiger partial charge is 0.224 e. The first kappa shape index (κ1) is 13.8. The molecule has 5 heteroatoms. The summed E-state index contributed by atoms with van der Waals surface area (Å²) in [6, 6.07) is 6.42. The van der Waals surface area contributed by atoms with E-state index in [-0.39, 0.29) is 5.91 Å². The molecule has 3 aliphatic heterocycles. The SMILES string of the molecule is Cc1[nH]nc2cc(CC(=O)N[C@H]3CN4CCC3CC4)ccc12. The molecule has 0 unspecified atom stereocenters. The summed E-state index contributed by atoms with van der Waals surface area (Å²) in [7, 11) is 0. The van der Waals surface area contributed by atoms with E-state index in [2.05, 4.69) is 20.4 Å². The van der Waals surface area contributed by atoms with Crippen LogP contribution in [-0.2, 0) is 11.2 Å². The minimum atomic E-state index is 0.130. The van der Waals surface area contributed by atoms with E-state index in [1.165, 1.54) is 25.9 Å². The molecule has 3 saturated heterocycles. The first-order valence-corrected chi connectivity index (χ1v) is 8.14. The van der Waals surface area contributed by atoms with Crippen molar-refractivity contribution in [3.05, 3.63) is 29.5 Å². The molecule has 2 bridgehead atoms. The highest BCUT2D eigenvalue weighted by molar-refractivity contribution is 5.84. The van der Waals surface area contributed by atoms with Gasteiger partial charge in [-0.25, -0.2) is 0 Å². The Bertz CT molecular complexity index is 700. The number of carbonyl (C=O) groups is 1. The van der Waals surface area contributed by atoms with Crippen molar-refractivity contribution in [3.63, 3.8) is 0 Å². The number of hydrogen-bond acceptors (Lipinski definition) is 3. The molecule has 0 aliphatic carbocycles. The average molecular weight is 298 g/mol. The van der Waals surface area contributed by atoms with Gasteiger partial charge in [0, 0.05) is 23.7 Å². The zero-order chi connectivity index (χ0) is 15.1. The van der Waals surface area contributed by atoms with Crippen LogP contribution >= 0.6 is 0 Å². The van der Waals surface area contributed by atoms with Crippen molar-refractivity contribution in [1.82, 2.24) is 20.4 Å². The van der Waals surface area contributed by atoms with Gasteiger partial charge in [0.1, 0.15) is 0 Å². The summed E-state index contributed by atoms with van der Waals surface area (Å²) < 4.78 is 0. The molecule has 1 amide bonds. The second kappa shape index (κ2) is 5.39. The third kappa shape index (κ3) is 2.50. The fraction of sp³-hybridized carbons (Fsp3) is 0.529. The number of aryl methyl sites for hydroxylation is 1.